The monoisotopic (exact) mass is 279 g/mol. The molecule has 108 valence electrons. The van der Waals surface area contributed by atoms with Crippen molar-refractivity contribution in [3.63, 3.8) is 0 Å². The first-order chi connectivity index (χ1) is 10.2. The highest BCUT2D eigenvalue weighted by Crippen LogP contribution is 2.26. The second-order valence-corrected chi connectivity index (χ2v) is 5.48. The average molecular weight is 279 g/mol. The Hall–Kier alpha value is -2.13. The summed E-state index contributed by atoms with van der Waals surface area (Å²) in [6, 6.07) is 14.9. The third-order valence-electron chi connectivity index (χ3n) is 3.81. The fraction of sp³-hybridized carbons (Fsp3) is 0.278. The summed E-state index contributed by atoms with van der Waals surface area (Å²) >= 11 is 0. The van der Waals surface area contributed by atoms with E-state index in [9.17, 15) is 0 Å². The Morgan fingerprint density at radius 2 is 1.86 bits per heavy atom. The van der Waals surface area contributed by atoms with Gasteiger partial charge in [-0.2, -0.15) is 0 Å². The molecule has 1 heterocycles. The summed E-state index contributed by atoms with van der Waals surface area (Å²) in [5, 5.41) is 0. The Labute approximate surface area is 125 Å². The summed E-state index contributed by atoms with van der Waals surface area (Å²) in [5.41, 5.74) is 11.5. The minimum atomic E-state index is 0.552. The zero-order valence-electron chi connectivity index (χ0n) is 12.6. The minimum Gasteiger partial charge on any atom is -0.326 e. The van der Waals surface area contributed by atoms with Crippen molar-refractivity contribution in [1.82, 2.24) is 9.55 Å². The number of imidazole rings is 1. The van der Waals surface area contributed by atoms with Crippen molar-refractivity contribution in [2.45, 2.75) is 33.4 Å². The Kier molecular flexibility index (Phi) is 3.76. The maximum atomic E-state index is 5.74. The summed E-state index contributed by atoms with van der Waals surface area (Å²) in [5.74, 6) is 1.04. The van der Waals surface area contributed by atoms with E-state index >= 15 is 0 Å². The van der Waals surface area contributed by atoms with Crippen molar-refractivity contribution in [1.29, 1.82) is 0 Å². The molecule has 0 radical (unpaired) electrons. The van der Waals surface area contributed by atoms with Gasteiger partial charge in [-0.15, -0.1) is 0 Å². The average Bonchev–Trinajstić information content (AvgIpc) is 2.86. The molecular formula is C18H21N3. The van der Waals surface area contributed by atoms with Gasteiger partial charge < -0.3 is 10.3 Å². The quantitative estimate of drug-likeness (QED) is 0.787. The Morgan fingerprint density at radius 1 is 1.10 bits per heavy atom. The lowest BCUT2D eigenvalue weighted by molar-refractivity contribution is 0.704. The minimum absolute atomic E-state index is 0.552. The van der Waals surface area contributed by atoms with E-state index in [1.165, 1.54) is 16.6 Å². The molecule has 3 heteroatoms. The Morgan fingerprint density at radius 3 is 2.52 bits per heavy atom. The third kappa shape index (κ3) is 2.57. The molecule has 1 aromatic heterocycles. The molecule has 3 nitrogen and oxygen atoms in total. The normalized spacial score (nSPS) is 11.2. The van der Waals surface area contributed by atoms with Gasteiger partial charge in [-0.05, 0) is 31.0 Å². The van der Waals surface area contributed by atoms with Crippen molar-refractivity contribution in [2.24, 2.45) is 5.73 Å². The molecule has 0 fully saturated rings. The first-order valence-electron chi connectivity index (χ1n) is 7.49. The topological polar surface area (TPSA) is 43.8 Å². The van der Waals surface area contributed by atoms with Gasteiger partial charge in [0.2, 0.25) is 0 Å². The predicted molar refractivity (Wildman–Crippen MR) is 88.1 cm³/mol. The van der Waals surface area contributed by atoms with Gasteiger partial charge in [0.1, 0.15) is 5.82 Å². The van der Waals surface area contributed by atoms with Crippen LogP contribution in [0, 0.1) is 6.92 Å². The lowest BCUT2D eigenvalue weighted by Gasteiger charge is -2.08. The number of benzene rings is 2. The number of nitrogens with zero attached hydrogens (tertiary/aromatic N) is 2. The molecule has 3 rings (SSSR count). The van der Waals surface area contributed by atoms with E-state index in [-0.39, 0.29) is 0 Å². The van der Waals surface area contributed by atoms with Crippen LogP contribution in [0.25, 0.3) is 22.4 Å². The highest BCUT2D eigenvalue weighted by atomic mass is 15.1. The fourth-order valence-corrected chi connectivity index (χ4v) is 2.68. The number of fused-ring (bicyclic) bond motifs is 1. The van der Waals surface area contributed by atoms with E-state index in [1.54, 1.807) is 0 Å². The molecule has 0 aliphatic heterocycles. The van der Waals surface area contributed by atoms with Gasteiger partial charge in [-0.3, -0.25) is 0 Å². The van der Waals surface area contributed by atoms with Crippen LogP contribution >= 0.6 is 0 Å². The van der Waals surface area contributed by atoms with Crippen LogP contribution in [0.3, 0.4) is 0 Å². The molecule has 3 aromatic rings. The van der Waals surface area contributed by atoms with Crippen molar-refractivity contribution < 1.29 is 0 Å². The summed E-state index contributed by atoms with van der Waals surface area (Å²) < 4.78 is 2.31. The number of nitrogens with two attached hydrogens (primary N) is 1. The Bertz CT molecular complexity index is 754. The molecule has 0 saturated carbocycles. The van der Waals surface area contributed by atoms with Crippen molar-refractivity contribution in [3.05, 3.63) is 53.6 Å². The molecule has 2 N–H and O–H groups in total. The summed E-state index contributed by atoms with van der Waals surface area (Å²) in [7, 11) is 0. The van der Waals surface area contributed by atoms with E-state index in [0.717, 1.165) is 29.9 Å². The maximum Gasteiger partial charge on any atom is 0.141 e. The van der Waals surface area contributed by atoms with Crippen LogP contribution in [0.5, 0.6) is 0 Å². The van der Waals surface area contributed by atoms with Gasteiger partial charge in [-0.25, -0.2) is 4.98 Å². The van der Waals surface area contributed by atoms with Crippen LogP contribution in [0.15, 0.2) is 42.5 Å². The molecule has 0 aliphatic carbocycles. The van der Waals surface area contributed by atoms with Crippen LogP contribution in [-0.2, 0) is 13.1 Å². The molecule has 0 bridgehead atoms. The predicted octanol–water partition coefficient (Wildman–Crippen LogP) is 3.88. The smallest absolute Gasteiger partial charge is 0.141 e. The lowest BCUT2D eigenvalue weighted by Crippen LogP contribution is -2.00. The van der Waals surface area contributed by atoms with Crippen molar-refractivity contribution in [3.8, 4) is 11.4 Å². The number of hydrogen-bond donors (Lipinski definition) is 1. The lowest BCUT2D eigenvalue weighted by atomic mass is 10.1. The van der Waals surface area contributed by atoms with Gasteiger partial charge in [0, 0.05) is 18.7 Å². The molecule has 0 unspecified atom stereocenters. The number of aryl methyl sites for hydroxylation is 2. The molecular weight excluding hydrogens is 258 g/mol. The largest absolute Gasteiger partial charge is 0.326 e. The second kappa shape index (κ2) is 5.70. The molecule has 0 amide bonds. The molecule has 0 saturated heterocycles. The second-order valence-electron chi connectivity index (χ2n) is 5.48. The van der Waals surface area contributed by atoms with Crippen LogP contribution in [0.1, 0.15) is 24.5 Å². The zero-order valence-corrected chi connectivity index (χ0v) is 12.6. The van der Waals surface area contributed by atoms with E-state index in [2.05, 4.69) is 60.9 Å². The summed E-state index contributed by atoms with van der Waals surface area (Å²) in [4.78, 5) is 4.85. The Balaban J connectivity index is 2.20. The van der Waals surface area contributed by atoms with Gasteiger partial charge in [0.05, 0.1) is 11.0 Å². The molecule has 21 heavy (non-hydrogen) atoms. The highest BCUT2D eigenvalue weighted by Gasteiger charge is 2.12. The van der Waals surface area contributed by atoms with E-state index < -0.39 is 0 Å². The number of aromatic nitrogens is 2. The van der Waals surface area contributed by atoms with Gasteiger partial charge in [0.15, 0.2) is 0 Å². The van der Waals surface area contributed by atoms with Crippen molar-refractivity contribution in [2.75, 3.05) is 0 Å². The van der Waals surface area contributed by atoms with Gasteiger partial charge >= 0.3 is 0 Å². The van der Waals surface area contributed by atoms with E-state index in [1.807, 2.05) is 0 Å². The molecule has 0 spiro atoms. The van der Waals surface area contributed by atoms with E-state index in [0.29, 0.717) is 6.54 Å². The number of rotatable bonds is 4. The SMILES string of the molecule is CCCn1c(-c2ccc(C)cc2)nc2cc(CN)ccc21. The van der Waals surface area contributed by atoms with Crippen molar-refractivity contribution >= 4 is 11.0 Å². The summed E-state index contributed by atoms with van der Waals surface area (Å²) in [6.45, 7) is 5.82. The first kappa shape index (κ1) is 13.8. The first-order valence-corrected chi connectivity index (χ1v) is 7.49. The standard InChI is InChI=1S/C18H21N3/c1-3-10-21-17-9-6-14(12-19)11-16(17)20-18(21)15-7-4-13(2)5-8-15/h4-9,11H,3,10,12,19H2,1-2H3. The number of hydrogen-bond acceptors (Lipinski definition) is 2. The van der Waals surface area contributed by atoms with Crippen LogP contribution < -0.4 is 5.73 Å². The van der Waals surface area contributed by atoms with Gasteiger partial charge in [-0.1, -0.05) is 42.8 Å². The van der Waals surface area contributed by atoms with Crippen LogP contribution in [0.2, 0.25) is 0 Å². The maximum absolute atomic E-state index is 5.74. The zero-order chi connectivity index (χ0) is 14.8. The molecule has 0 aliphatic rings. The van der Waals surface area contributed by atoms with Gasteiger partial charge in [0.25, 0.3) is 0 Å². The fourth-order valence-electron chi connectivity index (χ4n) is 2.68. The summed E-state index contributed by atoms with van der Waals surface area (Å²) in [6.07, 6.45) is 1.09. The third-order valence-corrected chi connectivity index (χ3v) is 3.81. The highest BCUT2D eigenvalue weighted by molar-refractivity contribution is 5.81. The molecule has 2 aromatic carbocycles. The van der Waals surface area contributed by atoms with Crippen LogP contribution in [0.4, 0.5) is 0 Å². The molecule has 0 atom stereocenters. The van der Waals surface area contributed by atoms with E-state index in [4.69, 9.17) is 10.7 Å². The van der Waals surface area contributed by atoms with Crippen LogP contribution in [-0.4, -0.2) is 9.55 Å².